The summed E-state index contributed by atoms with van der Waals surface area (Å²) in [6.07, 6.45) is 12.2. The van der Waals surface area contributed by atoms with Crippen molar-refractivity contribution in [1.82, 2.24) is 10.2 Å². The van der Waals surface area contributed by atoms with Crippen LogP contribution in [-0.2, 0) is 6.54 Å². The zero-order chi connectivity index (χ0) is 18.1. The maximum absolute atomic E-state index is 6.45. The van der Waals surface area contributed by atoms with E-state index in [2.05, 4.69) is 66.1 Å². The van der Waals surface area contributed by atoms with Gasteiger partial charge in [0.05, 0.1) is 0 Å². The molecule has 1 aromatic rings. The maximum Gasteiger partial charge on any atom is 0.0447 e. The number of nitrogens with one attached hydrogen (secondary N) is 2. The van der Waals surface area contributed by atoms with E-state index >= 15 is 0 Å². The van der Waals surface area contributed by atoms with Gasteiger partial charge in [-0.2, -0.15) is 0 Å². The van der Waals surface area contributed by atoms with E-state index in [4.69, 9.17) is 11.6 Å². The average molecular weight is 370 g/mol. The second-order valence-electron chi connectivity index (χ2n) is 7.82. The number of nitrogens with zero attached hydrogens (tertiary/aromatic N) is 1. The number of piperidine rings is 1. The van der Waals surface area contributed by atoms with Crippen molar-refractivity contribution in [2.45, 2.75) is 38.8 Å². The summed E-state index contributed by atoms with van der Waals surface area (Å²) >= 11 is 6.45. The molecule has 4 heteroatoms. The van der Waals surface area contributed by atoms with Crippen LogP contribution in [0.4, 0.5) is 5.69 Å². The molecule has 26 heavy (non-hydrogen) atoms. The van der Waals surface area contributed by atoms with Crippen molar-refractivity contribution in [3.05, 3.63) is 52.2 Å². The standard InChI is InChI=1S/C22H28ClN3/c1-15-3-4-16(12-21(15)23)18-11-17-7-10-26(2)14-20(17)22(13-18)25-19-5-8-24-9-6-19/h4,7,10-13,15,19,24-25H,3,5-6,8-9,14H2,1-2H3. The van der Waals surface area contributed by atoms with E-state index in [1.807, 2.05) is 0 Å². The third-order valence-electron chi connectivity index (χ3n) is 5.69. The number of rotatable bonds is 3. The smallest absolute Gasteiger partial charge is 0.0447 e. The van der Waals surface area contributed by atoms with Crippen LogP contribution in [0.2, 0.25) is 0 Å². The minimum atomic E-state index is 0.430. The van der Waals surface area contributed by atoms with Gasteiger partial charge in [0.25, 0.3) is 0 Å². The van der Waals surface area contributed by atoms with Crippen LogP contribution < -0.4 is 10.6 Å². The molecule has 1 atom stereocenters. The molecule has 0 bridgehead atoms. The molecule has 1 unspecified atom stereocenters. The fraction of sp³-hybridized carbons (Fsp3) is 0.455. The summed E-state index contributed by atoms with van der Waals surface area (Å²) in [6, 6.07) is 5.19. The van der Waals surface area contributed by atoms with Crippen LogP contribution in [0, 0.1) is 5.92 Å². The van der Waals surface area contributed by atoms with Crippen molar-refractivity contribution >= 4 is 28.9 Å². The highest BCUT2D eigenvalue weighted by Gasteiger charge is 2.20. The highest BCUT2D eigenvalue weighted by molar-refractivity contribution is 6.30. The summed E-state index contributed by atoms with van der Waals surface area (Å²) < 4.78 is 0. The van der Waals surface area contributed by atoms with Gasteiger partial charge in [0.15, 0.2) is 0 Å². The third kappa shape index (κ3) is 3.70. The Morgan fingerprint density at radius 2 is 2.04 bits per heavy atom. The van der Waals surface area contributed by atoms with Gasteiger partial charge in [0.1, 0.15) is 0 Å². The van der Waals surface area contributed by atoms with E-state index in [0.29, 0.717) is 12.0 Å². The summed E-state index contributed by atoms with van der Waals surface area (Å²) in [6.45, 7) is 5.33. The fourth-order valence-corrected chi connectivity index (χ4v) is 4.18. The van der Waals surface area contributed by atoms with Crippen LogP contribution in [0.3, 0.4) is 0 Å². The highest BCUT2D eigenvalue weighted by Crippen LogP contribution is 2.36. The molecule has 0 radical (unpaired) electrons. The van der Waals surface area contributed by atoms with Crippen molar-refractivity contribution < 1.29 is 0 Å². The van der Waals surface area contributed by atoms with Gasteiger partial charge < -0.3 is 15.5 Å². The molecule has 0 saturated carbocycles. The van der Waals surface area contributed by atoms with Gasteiger partial charge in [0, 0.05) is 35.9 Å². The number of hydrogen-bond acceptors (Lipinski definition) is 3. The quantitative estimate of drug-likeness (QED) is 0.800. The molecule has 4 rings (SSSR count). The highest BCUT2D eigenvalue weighted by atomic mass is 35.5. The maximum atomic E-state index is 6.45. The predicted octanol–water partition coefficient (Wildman–Crippen LogP) is 4.81. The van der Waals surface area contributed by atoms with Crippen molar-refractivity contribution in [1.29, 1.82) is 0 Å². The van der Waals surface area contributed by atoms with E-state index in [-0.39, 0.29) is 0 Å². The van der Waals surface area contributed by atoms with Gasteiger partial charge in [0.2, 0.25) is 0 Å². The number of fused-ring (bicyclic) bond motifs is 1. The van der Waals surface area contributed by atoms with Crippen molar-refractivity contribution in [2.24, 2.45) is 5.92 Å². The Kier molecular flexibility index (Phi) is 5.10. The summed E-state index contributed by atoms with van der Waals surface area (Å²) in [7, 11) is 2.13. The summed E-state index contributed by atoms with van der Waals surface area (Å²) in [5.41, 5.74) is 6.51. The molecule has 1 saturated heterocycles. The molecule has 2 N–H and O–H groups in total. The summed E-state index contributed by atoms with van der Waals surface area (Å²) in [5.74, 6) is 0.430. The Morgan fingerprint density at radius 3 is 2.81 bits per heavy atom. The van der Waals surface area contributed by atoms with Gasteiger partial charge in [-0.05, 0) is 85.5 Å². The number of anilines is 1. The van der Waals surface area contributed by atoms with Crippen LogP contribution >= 0.6 is 11.6 Å². The topological polar surface area (TPSA) is 27.3 Å². The van der Waals surface area contributed by atoms with E-state index in [1.165, 1.54) is 40.8 Å². The molecule has 0 aromatic heterocycles. The average Bonchev–Trinajstić information content (AvgIpc) is 2.65. The molecule has 2 aliphatic heterocycles. The van der Waals surface area contributed by atoms with Crippen LogP contribution in [0.15, 0.2) is 35.5 Å². The number of halogens is 1. The van der Waals surface area contributed by atoms with Crippen LogP contribution in [-0.4, -0.2) is 31.1 Å². The van der Waals surface area contributed by atoms with Crippen molar-refractivity contribution in [2.75, 3.05) is 25.5 Å². The SMILES string of the molecule is CC1CC=C(c2cc3c(c(NC4CCNCC4)c2)CN(C)C=C3)C=C1Cl. The number of benzene rings is 1. The third-order valence-corrected chi connectivity index (χ3v) is 6.17. The van der Waals surface area contributed by atoms with E-state index in [1.54, 1.807) is 0 Å². The van der Waals surface area contributed by atoms with Gasteiger partial charge in [-0.15, -0.1) is 0 Å². The zero-order valence-electron chi connectivity index (χ0n) is 15.7. The Morgan fingerprint density at radius 1 is 1.23 bits per heavy atom. The minimum absolute atomic E-state index is 0.430. The summed E-state index contributed by atoms with van der Waals surface area (Å²) in [5, 5.41) is 8.26. The molecule has 1 aliphatic carbocycles. The molecule has 3 nitrogen and oxygen atoms in total. The summed E-state index contributed by atoms with van der Waals surface area (Å²) in [4.78, 5) is 2.24. The second kappa shape index (κ2) is 7.50. The Hall–Kier alpha value is -1.71. The van der Waals surface area contributed by atoms with Gasteiger partial charge >= 0.3 is 0 Å². The first kappa shape index (κ1) is 17.7. The van der Waals surface area contributed by atoms with Crippen LogP contribution in [0.1, 0.15) is 42.9 Å². The van der Waals surface area contributed by atoms with Crippen molar-refractivity contribution in [3.8, 4) is 0 Å². The van der Waals surface area contributed by atoms with E-state index < -0.39 is 0 Å². The van der Waals surface area contributed by atoms with E-state index in [0.717, 1.165) is 31.1 Å². The van der Waals surface area contributed by atoms with Gasteiger partial charge in [-0.1, -0.05) is 24.6 Å². The first-order valence-corrected chi connectivity index (χ1v) is 10.1. The van der Waals surface area contributed by atoms with Gasteiger partial charge in [-0.3, -0.25) is 0 Å². The first-order chi connectivity index (χ1) is 12.6. The molecule has 138 valence electrons. The lowest BCUT2D eigenvalue weighted by atomic mass is 9.90. The molecule has 0 spiro atoms. The normalized spacial score (nSPS) is 23.3. The number of hydrogen-bond donors (Lipinski definition) is 2. The lowest BCUT2D eigenvalue weighted by Gasteiger charge is -2.30. The molecule has 1 fully saturated rings. The minimum Gasteiger partial charge on any atom is -0.382 e. The monoisotopic (exact) mass is 369 g/mol. The molecular formula is C22H28ClN3. The van der Waals surface area contributed by atoms with Gasteiger partial charge in [-0.25, -0.2) is 0 Å². The molecule has 1 aromatic carbocycles. The predicted molar refractivity (Wildman–Crippen MR) is 112 cm³/mol. The van der Waals surface area contributed by atoms with E-state index in [9.17, 15) is 0 Å². The fourth-order valence-electron chi connectivity index (χ4n) is 3.98. The first-order valence-electron chi connectivity index (χ1n) is 9.70. The largest absolute Gasteiger partial charge is 0.382 e. The lowest BCUT2D eigenvalue weighted by Crippen LogP contribution is -2.35. The Bertz CT molecular complexity index is 772. The molecular weight excluding hydrogens is 342 g/mol. The molecule has 0 amide bonds. The van der Waals surface area contributed by atoms with Crippen molar-refractivity contribution in [3.63, 3.8) is 0 Å². The van der Waals surface area contributed by atoms with Crippen LogP contribution in [0.5, 0.6) is 0 Å². The second-order valence-corrected chi connectivity index (χ2v) is 8.25. The van der Waals surface area contributed by atoms with Crippen LogP contribution in [0.25, 0.3) is 11.6 Å². The Labute approximate surface area is 161 Å². The molecule has 3 aliphatic rings. The molecule has 2 heterocycles. The number of allylic oxidation sites excluding steroid dienone is 4. The lowest BCUT2D eigenvalue weighted by molar-refractivity contribution is 0.446. The Balaban J connectivity index is 1.70. The zero-order valence-corrected chi connectivity index (χ0v) is 16.4.